The number of nitro benzene ring substituents is 1. The number of benzene rings is 1. The molecule has 2 rings (SSSR count). The lowest BCUT2D eigenvalue weighted by molar-refractivity contribution is -0.384. The fraction of sp³-hybridized carbons (Fsp3) is 0. The van der Waals surface area contributed by atoms with E-state index in [1.807, 2.05) is 6.07 Å². The van der Waals surface area contributed by atoms with Gasteiger partial charge in [0.2, 0.25) is 0 Å². The molecule has 0 aliphatic rings. The van der Waals surface area contributed by atoms with Crippen LogP contribution < -0.4 is 5.73 Å². The average Bonchev–Trinajstić information content (AvgIpc) is 2.87. The summed E-state index contributed by atoms with van der Waals surface area (Å²) in [6.45, 7) is 0. The van der Waals surface area contributed by atoms with Crippen molar-refractivity contribution in [2.75, 3.05) is 0 Å². The van der Waals surface area contributed by atoms with Gasteiger partial charge >= 0.3 is 0 Å². The number of primary amides is 1. The van der Waals surface area contributed by atoms with Crippen molar-refractivity contribution in [2.45, 2.75) is 0 Å². The smallest absolute Gasteiger partial charge is 0.270 e. The molecule has 0 fully saturated rings. The molecule has 8 nitrogen and oxygen atoms in total. The predicted octanol–water partition coefficient (Wildman–Crippen LogP) is 0.751. The highest BCUT2D eigenvalue weighted by Gasteiger charge is 2.13. The van der Waals surface area contributed by atoms with Gasteiger partial charge in [0.05, 0.1) is 16.2 Å². The molecule has 0 saturated carbocycles. The van der Waals surface area contributed by atoms with Crippen molar-refractivity contribution in [3.05, 3.63) is 51.8 Å². The van der Waals surface area contributed by atoms with Gasteiger partial charge in [-0.3, -0.25) is 14.9 Å². The van der Waals surface area contributed by atoms with E-state index in [0.29, 0.717) is 5.69 Å². The summed E-state index contributed by atoms with van der Waals surface area (Å²) >= 11 is 0. The van der Waals surface area contributed by atoms with Crippen molar-refractivity contribution in [1.29, 1.82) is 5.26 Å². The summed E-state index contributed by atoms with van der Waals surface area (Å²) in [5.74, 6) is -0.695. The summed E-state index contributed by atoms with van der Waals surface area (Å²) in [6, 6.07) is 7.02. The number of nitriles is 1. The Kier molecular flexibility index (Phi) is 2.95. The minimum absolute atomic E-state index is 0.0437. The number of non-ortho nitro benzene ring substituents is 1. The van der Waals surface area contributed by atoms with Crippen LogP contribution in [0.15, 0.2) is 30.5 Å². The number of hydrogen-bond donors (Lipinski definition) is 1. The highest BCUT2D eigenvalue weighted by atomic mass is 16.6. The standard InChI is InChI=1S/C11H7N5O3/c12-6-7-5-8(16(18)19)1-2-10(7)15-4-3-9(14-15)11(13)17/h1-5H,(H2,13,17). The van der Waals surface area contributed by atoms with Crippen molar-refractivity contribution < 1.29 is 9.72 Å². The molecule has 0 atom stereocenters. The molecule has 8 heteroatoms. The Labute approximate surface area is 106 Å². The van der Waals surface area contributed by atoms with Gasteiger partial charge in [0.15, 0.2) is 0 Å². The molecule has 94 valence electrons. The summed E-state index contributed by atoms with van der Waals surface area (Å²) in [7, 11) is 0. The first-order valence-corrected chi connectivity index (χ1v) is 5.07. The van der Waals surface area contributed by atoms with Gasteiger partial charge < -0.3 is 5.73 Å². The maximum Gasteiger partial charge on any atom is 0.270 e. The number of carbonyl (C=O) groups is 1. The third-order valence-electron chi connectivity index (χ3n) is 2.40. The van der Waals surface area contributed by atoms with Crippen molar-refractivity contribution in [1.82, 2.24) is 9.78 Å². The molecular formula is C11H7N5O3. The van der Waals surface area contributed by atoms with Crippen LogP contribution in [0.5, 0.6) is 0 Å². The van der Waals surface area contributed by atoms with E-state index in [1.165, 1.54) is 29.1 Å². The van der Waals surface area contributed by atoms with Gasteiger partial charge in [-0.2, -0.15) is 10.4 Å². The number of nitrogens with zero attached hydrogens (tertiary/aromatic N) is 4. The van der Waals surface area contributed by atoms with Crippen LogP contribution in [0, 0.1) is 21.4 Å². The molecule has 1 heterocycles. The van der Waals surface area contributed by atoms with Crippen LogP contribution >= 0.6 is 0 Å². The number of rotatable bonds is 3. The lowest BCUT2D eigenvalue weighted by Gasteiger charge is -2.03. The highest BCUT2D eigenvalue weighted by molar-refractivity contribution is 5.90. The first-order chi connectivity index (χ1) is 9.02. The molecule has 1 amide bonds. The van der Waals surface area contributed by atoms with Crippen LogP contribution in [0.25, 0.3) is 5.69 Å². The molecule has 0 aliphatic heterocycles. The lowest BCUT2D eigenvalue weighted by atomic mass is 10.2. The van der Waals surface area contributed by atoms with Crippen molar-refractivity contribution in [3.8, 4) is 11.8 Å². The normalized spacial score (nSPS) is 9.84. The summed E-state index contributed by atoms with van der Waals surface area (Å²) in [6.07, 6.45) is 1.45. The number of amides is 1. The second kappa shape index (κ2) is 4.58. The molecular weight excluding hydrogens is 250 g/mol. The predicted molar refractivity (Wildman–Crippen MR) is 63.5 cm³/mol. The zero-order chi connectivity index (χ0) is 14.0. The van der Waals surface area contributed by atoms with Gasteiger partial charge in [-0.15, -0.1) is 0 Å². The summed E-state index contributed by atoms with van der Waals surface area (Å²) < 4.78 is 1.27. The average molecular weight is 257 g/mol. The van der Waals surface area contributed by atoms with E-state index in [0.717, 1.165) is 6.07 Å². The fourth-order valence-corrected chi connectivity index (χ4v) is 1.52. The van der Waals surface area contributed by atoms with Gasteiger partial charge in [-0.1, -0.05) is 0 Å². The Morgan fingerprint density at radius 1 is 1.47 bits per heavy atom. The summed E-state index contributed by atoms with van der Waals surface area (Å²) in [4.78, 5) is 21.0. The number of nitrogens with two attached hydrogens (primary N) is 1. The van der Waals surface area contributed by atoms with E-state index in [9.17, 15) is 14.9 Å². The maximum atomic E-state index is 10.9. The van der Waals surface area contributed by atoms with Crippen molar-refractivity contribution in [2.24, 2.45) is 5.73 Å². The first-order valence-electron chi connectivity index (χ1n) is 5.07. The second-order valence-corrected chi connectivity index (χ2v) is 3.58. The van der Waals surface area contributed by atoms with Gasteiger partial charge in [0.25, 0.3) is 11.6 Å². The quantitative estimate of drug-likeness (QED) is 0.640. The van der Waals surface area contributed by atoms with Crippen LogP contribution in [0.2, 0.25) is 0 Å². The van der Waals surface area contributed by atoms with Crippen molar-refractivity contribution >= 4 is 11.6 Å². The summed E-state index contributed by atoms with van der Waals surface area (Å²) in [5.41, 5.74) is 5.33. The Balaban J connectivity index is 2.53. The molecule has 0 unspecified atom stereocenters. The molecule has 19 heavy (non-hydrogen) atoms. The number of nitro groups is 1. The Morgan fingerprint density at radius 3 is 2.74 bits per heavy atom. The maximum absolute atomic E-state index is 10.9. The van der Waals surface area contributed by atoms with Crippen LogP contribution in [0.1, 0.15) is 16.1 Å². The van der Waals surface area contributed by atoms with Crippen LogP contribution in [-0.2, 0) is 0 Å². The molecule has 0 radical (unpaired) electrons. The topological polar surface area (TPSA) is 128 Å². The Morgan fingerprint density at radius 2 is 2.21 bits per heavy atom. The van der Waals surface area contributed by atoms with Gasteiger partial charge in [0, 0.05) is 18.3 Å². The molecule has 0 aliphatic carbocycles. The van der Waals surface area contributed by atoms with E-state index in [4.69, 9.17) is 11.0 Å². The largest absolute Gasteiger partial charge is 0.364 e. The first kappa shape index (κ1) is 12.3. The summed E-state index contributed by atoms with van der Waals surface area (Å²) in [5, 5.41) is 23.5. The monoisotopic (exact) mass is 257 g/mol. The van der Waals surface area contributed by atoms with E-state index < -0.39 is 10.8 Å². The molecule has 0 bridgehead atoms. The van der Waals surface area contributed by atoms with Crippen molar-refractivity contribution in [3.63, 3.8) is 0 Å². The Bertz CT molecular complexity index is 713. The number of aromatic nitrogens is 2. The second-order valence-electron chi connectivity index (χ2n) is 3.58. The van der Waals surface area contributed by atoms with E-state index in [-0.39, 0.29) is 16.9 Å². The van der Waals surface area contributed by atoms with Gasteiger partial charge in [0.1, 0.15) is 11.8 Å². The Hall–Kier alpha value is -3.21. The third-order valence-corrected chi connectivity index (χ3v) is 2.40. The molecule has 0 saturated heterocycles. The van der Waals surface area contributed by atoms with Crippen LogP contribution in [0.3, 0.4) is 0 Å². The zero-order valence-electron chi connectivity index (χ0n) is 9.48. The highest BCUT2D eigenvalue weighted by Crippen LogP contribution is 2.20. The van der Waals surface area contributed by atoms with Crippen LogP contribution in [0.4, 0.5) is 5.69 Å². The van der Waals surface area contributed by atoms with E-state index in [2.05, 4.69) is 5.10 Å². The SMILES string of the molecule is N#Cc1cc([N+](=O)[O-])ccc1-n1ccc(C(N)=O)n1. The minimum Gasteiger partial charge on any atom is -0.364 e. The van der Waals surface area contributed by atoms with Crippen LogP contribution in [-0.4, -0.2) is 20.6 Å². The third kappa shape index (κ3) is 2.25. The van der Waals surface area contributed by atoms with Gasteiger partial charge in [-0.25, -0.2) is 4.68 Å². The van der Waals surface area contributed by atoms with E-state index >= 15 is 0 Å². The van der Waals surface area contributed by atoms with E-state index in [1.54, 1.807) is 0 Å². The lowest BCUT2D eigenvalue weighted by Crippen LogP contribution is -2.12. The zero-order valence-corrected chi connectivity index (χ0v) is 9.48. The minimum atomic E-state index is -0.695. The molecule has 2 N–H and O–H groups in total. The molecule has 1 aromatic carbocycles. The molecule has 1 aromatic heterocycles. The number of hydrogen-bond acceptors (Lipinski definition) is 5. The fourth-order valence-electron chi connectivity index (χ4n) is 1.52. The molecule has 0 spiro atoms. The molecule has 2 aromatic rings. The van der Waals surface area contributed by atoms with Gasteiger partial charge in [-0.05, 0) is 12.1 Å². The number of carbonyl (C=O) groups excluding carboxylic acids is 1.